The van der Waals surface area contributed by atoms with E-state index >= 15 is 0 Å². The molecule has 23 heavy (non-hydrogen) atoms. The summed E-state index contributed by atoms with van der Waals surface area (Å²) in [6.45, 7) is 4.44. The first-order valence-corrected chi connectivity index (χ1v) is 8.90. The van der Waals surface area contributed by atoms with Gasteiger partial charge in [-0.1, -0.05) is 41.9 Å². The lowest BCUT2D eigenvalue weighted by Crippen LogP contribution is -2.03. The minimum atomic E-state index is 0.497. The number of benzene rings is 1. The molecule has 0 fully saturated rings. The summed E-state index contributed by atoms with van der Waals surface area (Å²) >= 11 is 3.62. The number of pyridine rings is 1. The van der Waals surface area contributed by atoms with Gasteiger partial charge in [0, 0.05) is 16.1 Å². The van der Waals surface area contributed by atoms with Crippen molar-refractivity contribution in [1.29, 1.82) is 0 Å². The van der Waals surface area contributed by atoms with Crippen molar-refractivity contribution in [3.8, 4) is 5.82 Å². The number of fused-ring (bicyclic) bond motifs is 3. The average Bonchev–Trinajstić information content (AvgIpc) is 2.88. The summed E-state index contributed by atoms with van der Waals surface area (Å²) in [5, 5.41) is 1.34. The van der Waals surface area contributed by atoms with Crippen molar-refractivity contribution in [3.05, 3.63) is 63.9 Å². The summed E-state index contributed by atoms with van der Waals surface area (Å²) in [5.41, 5.74) is 5.26. The number of rotatable bonds is 2. The van der Waals surface area contributed by atoms with Gasteiger partial charge in [0.2, 0.25) is 0 Å². The Morgan fingerprint density at radius 2 is 2.04 bits per heavy atom. The molecule has 2 aromatic heterocycles. The molecule has 1 aromatic carbocycles. The summed E-state index contributed by atoms with van der Waals surface area (Å²) in [6.07, 6.45) is 8.64. The van der Waals surface area contributed by atoms with Crippen LogP contribution in [0.4, 0.5) is 0 Å². The molecule has 0 bridgehead atoms. The van der Waals surface area contributed by atoms with Crippen LogP contribution in [0.2, 0.25) is 0 Å². The van der Waals surface area contributed by atoms with E-state index in [1.165, 1.54) is 27.7 Å². The minimum Gasteiger partial charge on any atom is -0.294 e. The van der Waals surface area contributed by atoms with Gasteiger partial charge in [-0.15, -0.1) is 0 Å². The van der Waals surface area contributed by atoms with Gasteiger partial charge in [0.05, 0.1) is 11.2 Å². The molecule has 116 valence electrons. The van der Waals surface area contributed by atoms with Gasteiger partial charge in [-0.3, -0.25) is 4.57 Å². The van der Waals surface area contributed by atoms with Gasteiger partial charge in [0.25, 0.3) is 0 Å². The molecule has 0 N–H and O–H groups in total. The Kier molecular flexibility index (Phi) is 3.61. The molecule has 3 heteroatoms. The quantitative estimate of drug-likeness (QED) is 0.554. The molecule has 0 unspecified atom stereocenters. The summed E-state index contributed by atoms with van der Waals surface area (Å²) in [6, 6.07) is 10.9. The maximum absolute atomic E-state index is 4.67. The first kappa shape index (κ1) is 14.7. The van der Waals surface area contributed by atoms with Crippen LogP contribution in [0.5, 0.6) is 0 Å². The van der Waals surface area contributed by atoms with E-state index in [0.717, 1.165) is 23.1 Å². The second kappa shape index (κ2) is 5.64. The molecule has 2 nitrogen and oxygen atoms in total. The Labute approximate surface area is 145 Å². The van der Waals surface area contributed by atoms with Crippen LogP contribution >= 0.6 is 15.9 Å². The first-order valence-electron chi connectivity index (χ1n) is 8.11. The van der Waals surface area contributed by atoms with Gasteiger partial charge in [0.15, 0.2) is 0 Å². The van der Waals surface area contributed by atoms with E-state index in [0.29, 0.717) is 5.92 Å². The molecule has 0 atom stereocenters. The molecule has 4 rings (SSSR count). The number of hydrogen-bond acceptors (Lipinski definition) is 1. The van der Waals surface area contributed by atoms with E-state index < -0.39 is 0 Å². The van der Waals surface area contributed by atoms with E-state index in [1.54, 1.807) is 0 Å². The van der Waals surface area contributed by atoms with Gasteiger partial charge >= 0.3 is 0 Å². The molecule has 2 heterocycles. The van der Waals surface area contributed by atoms with Crippen molar-refractivity contribution in [2.24, 2.45) is 0 Å². The van der Waals surface area contributed by atoms with Crippen LogP contribution in [-0.4, -0.2) is 9.55 Å². The second-order valence-corrected chi connectivity index (χ2v) is 7.32. The topological polar surface area (TPSA) is 17.8 Å². The van der Waals surface area contributed by atoms with Crippen LogP contribution in [0.1, 0.15) is 43.0 Å². The molecule has 0 saturated carbocycles. The largest absolute Gasteiger partial charge is 0.294 e. The van der Waals surface area contributed by atoms with E-state index in [2.05, 4.69) is 81.8 Å². The summed E-state index contributed by atoms with van der Waals surface area (Å²) < 4.78 is 3.40. The fraction of sp³-hybridized carbons (Fsp3) is 0.250. The zero-order valence-electron chi connectivity index (χ0n) is 13.4. The standard InChI is InChI=1S/C20H19BrN2/c1-13(2)14-9-10-22-20(11-14)23-18-6-4-3-5-16(18)17-8-7-15(21)12-19(17)23/h4,6-13H,3,5H2,1-2H3. The van der Waals surface area contributed by atoms with Crippen molar-refractivity contribution >= 4 is 32.9 Å². The third-order valence-electron chi connectivity index (χ3n) is 4.58. The van der Waals surface area contributed by atoms with Gasteiger partial charge in [-0.2, -0.15) is 0 Å². The number of aromatic nitrogens is 2. The Hall–Kier alpha value is -1.87. The third-order valence-corrected chi connectivity index (χ3v) is 5.07. The lowest BCUT2D eigenvalue weighted by atomic mass is 10.0. The van der Waals surface area contributed by atoms with Crippen molar-refractivity contribution in [2.75, 3.05) is 0 Å². The van der Waals surface area contributed by atoms with Gasteiger partial charge < -0.3 is 0 Å². The van der Waals surface area contributed by atoms with Crippen LogP contribution in [0, 0.1) is 0 Å². The smallest absolute Gasteiger partial charge is 0.137 e. The van der Waals surface area contributed by atoms with Crippen molar-refractivity contribution in [2.45, 2.75) is 32.6 Å². The number of hydrogen-bond donors (Lipinski definition) is 0. The number of nitrogens with zero attached hydrogens (tertiary/aromatic N) is 2. The normalized spacial score (nSPS) is 13.7. The highest BCUT2D eigenvalue weighted by Crippen LogP contribution is 2.35. The molecule has 1 aliphatic carbocycles. The maximum Gasteiger partial charge on any atom is 0.137 e. The van der Waals surface area contributed by atoms with E-state index in [-0.39, 0.29) is 0 Å². The third kappa shape index (κ3) is 2.43. The van der Waals surface area contributed by atoms with Crippen molar-refractivity contribution < 1.29 is 0 Å². The second-order valence-electron chi connectivity index (χ2n) is 6.40. The molecule has 0 saturated heterocycles. The highest BCUT2D eigenvalue weighted by molar-refractivity contribution is 9.10. The predicted molar refractivity (Wildman–Crippen MR) is 100 cm³/mol. The lowest BCUT2D eigenvalue weighted by molar-refractivity contribution is 0.855. The highest BCUT2D eigenvalue weighted by atomic mass is 79.9. The molecular weight excluding hydrogens is 348 g/mol. The lowest BCUT2D eigenvalue weighted by Gasteiger charge is -2.13. The van der Waals surface area contributed by atoms with E-state index in [1.807, 2.05) is 6.20 Å². The zero-order chi connectivity index (χ0) is 16.0. The predicted octanol–water partition coefficient (Wildman–Crippen LogP) is 5.87. The number of allylic oxidation sites excluding steroid dienone is 1. The maximum atomic E-state index is 4.67. The molecular formula is C20H19BrN2. The average molecular weight is 367 g/mol. The number of aryl methyl sites for hydroxylation is 1. The zero-order valence-corrected chi connectivity index (χ0v) is 15.0. The van der Waals surface area contributed by atoms with Crippen molar-refractivity contribution in [3.63, 3.8) is 0 Å². The van der Waals surface area contributed by atoms with Crippen LogP contribution in [0.25, 0.3) is 22.8 Å². The fourth-order valence-corrected chi connectivity index (χ4v) is 3.72. The fourth-order valence-electron chi connectivity index (χ4n) is 3.37. The molecule has 1 aliphatic rings. The van der Waals surface area contributed by atoms with Gasteiger partial charge in [-0.05, 0) is 60.2 Å². The van der Waals surface area contributed by atoms with Crippen LogP contribution < -0.4 is 0 Å². The molecule has 0 spiro atoms. The molecule has 3 aromatic rings. The van der Waals surface area contributed by atoms with E-state index in [4.69, 9.17) is 0 Å². The summed E-state index contributed by atoms with van der Waals surface area (Å²) in [5.74, 6) is 1.50. The van der Waals surface area contributed by atoms with Crippen LogP contribution in [0.15, 0.2) is 47.1 Å². The molecule has 0 aliphatic heterocycles. The Balaban J connectivity index is 2.05. The van der Waals surface area contributed by atoms with E-state index in [9.17, 15) is 0 Å². The Bertz CT molecular complexity index is 919. The minimum absolute atomic E-state index is 0.497. The van der Waals surface area contributed by atoms with Crippen molar-refractivity contribution in [1.82, 2.24) is 9.55 Å². The first-order chi connectivity index (χ1) is 11.1. The summed E-state index contributed by atoms with van der Waals surface area (Å²) in [4.78, 5) is 4.67. The molecule has 0 radical (unpaired) electrons. The van der Waals surface area contributed by atoms with Crippen LogP contribution in [-0.2, 0) is 6.42 Å². The Morgan fingerprint density at radius 1 is 1.17 bits per heavy atom. The summed E-state index contributed by atoms with van der Waals surface area (Å²) in [7, 11) is 0. The Morgan fingerprint density at radius 3 is 2.87 bits per heavy atom. The highest BCUT2D eigenvalue weighted by Gasteiger charge is 2.19. The van der Waals surface area contributed by atoms with Gasteiger partial charge in [-0.25, -0.2) is 4.98 Å². The SMILES string of the molecule is CC(C)c1ccnc(-n2c3c(c4ccc(Br)cc42)CCC=C3)c1. The van der Waals surface area contributed by atoms with Crippen LogP contribution in [0.3, 0.4) is 0 Å². The monoisotopic (exact) mass is 366 g/mol. The number of halogens is 1. The molecule has 0 amide bonds. The van der Waals surface area contributed by atoms with Gasteiger partial charge in [0.1, 0.15) is 5.82 Å².